The van der Waals surface area contributed by atoms with Crippen LogP contribution >= 0.6 is 0 Å². The van der Waals surface area contributed by atoms with E-state index in [0.717, 1.165) is 25.5 Å². The summed E-state index contributed by atoms with van der Waals surface area (Å²) in [5, 5.41) is 0. The van der Waals surface area contributed by atoms with Gasteiger partial charge in [-0.15, -0.1) is 0 Å². The first-order valence-corrected chi connectivity index (χ1v) is 6.76. The average Bonchev–Trinajstić information content (AvgIpc) is 3.01. The molecule has 3 unspecified atom stereocenters. The first kappa shape index (κ1) is 11.5. The molecule has 3 fully saturated rings. The van der Waals surface area contributed by atoms with E-state index in [1.807, 2.05) is 4.90 Å². The van der Waals surface area contributed by atoms with E-state index in [-0.39, 0.29) is 24.5 Å². The molecule has 0 N–H and O–H groups in total. The van der Waals surface area contributed by atoms with Gasteiger partial charge in [0.25, 0.3) is 0 Å². The molecule has 3 aliphatic rings. The number of fused-ring (bicyclic) bond motifs is 2. The van der Waals surface area contributed by atoms with Gasteiger partial charge in [-0.25, -0.2) is 0 Å². The SMILES string of the molecule is O=C(CCF)N1CC2CCC1C2OCC1CC1. The van der Waals surface area contributed by atoms with Gasteiger partial charge in [0.05, 0.1) is 25.2 Å². The fourth-order valence-corrected chi connectivity index (χ4v) is 3.23. The summed E-state index contributed by atoms with van der Waals surface area (Å²) in [4.78, 5) is 13.6. The van der Waals surface area contributed by atoms with Crippen LogP contribution in [-0.4, -0.2) is 42.8 Å². The number of halogens is 1. The number of ether oxygens (including phenoxy) is 1. The van der Waals surface area contributed by atoms with Crippen molar-refractivity contribution in [3.63, 3.8) is 0 Å². The number of likely N-dealkylation sites (tertiary alicyclic amines) is 1. The van der Waals surface area contributed by atoms with Crippen LogP contribution in [0.2, 0.25) is 0 Å². The minimum atomic E-state index is -0.541. The van der Waals surface area contributed by atoms with E-state index in [9.17, 15) is 9.18 Å². The van der Waals surface area contributed by atoms with Gasteiger partial charge in [0.15, 0.2) is 0 Å². The van der Waals surface area contributed by atoms with Crippen molar-refractivity contribution in [2.24, 2.45) is 11.8 Å². The average molecular weight is 241 g/mol. The molecule has 0 spiro atoms. The van der Waals surface area contributed by atoms with Gasteiger partial charge in [-0.3, -0.25) is 9.18 Å². The lowest BCUT2D eigenvalue weighted by Crippen LogP contribution is -2.40. The molecule has 2 saturated carbocycles. The fraction of sp³-hybridized carbons (Fsp3) is 0.923. The van der Waals surface area contributed by atoms with E-state index >= 15 is 0 Å². The number of alkyl halides is 1. The molecule has 4 heteroatoms. The van der Waals surface area contributed by atoms with Crippen LogP contribution in [0.15, 0.2) is 0 Å². The standard InChI is InChI=1S/C13H20FNO2/c14-6-5-12(16)15-7-10-3-4-11(15)13(10)17-8-9-1-2-9/h9-11,13H,1-8H2. The Morgan fingerprint density at radius 2 is 2.12 bits per heavy atom. The third-order valence-electron chi connectivity index (χ3n) is 4.36. The molecule has 0 aromatic heterocycles. The van der Waals surface area contributed by atoms with Crippen molar-refractivity contribution in [1.82, 2.24) is 4.90 Å². The summed E-state index contributed by atoms with van der Waals surface area (Å²) in [6, 6.07) is 0.234. The van der Waals surface area contributed by atoms with E-state index in [2.05, 4.69) is 0 Å². The van der Waals surface area contributed by atoms with Gasteiger partial charge in [0.1, 0.15) is 0 Å². The van der Waals surface area contributed by atoms with Crippen molar-refractivity contribution in [2.45, 2.75) is 44.2 Å². The number of nitrogens with zero attached hydrogens (tertiary/aromatic N) is 1. The van der Waals surface area contributed by atoms with Gasteiger partial charge in [0.2, 0.25) is 5.91 Å². The highest BCUT2D eigenvalue weighted by molar-refractivity contribution is 5.77. The zero-order valence-electron chi connectivity index (χ0n) is 10.1. The molecule has 3 nitrogen and oxygen atoms in total. The van der Waals surface area contributed by atoms with Crippen LogP contribution in [-0.2, 0) is 9.53 Å². The van der Waals surface area contributed by atoms with E-state index in [1.165, 1.54) is 19.3 Å². The molecule has 96 valence electrons. The summed E-state index contributed by atoms with van der Waals surface area (Å²) in [5.74, 6) is 1.24. The second-order valence-electron chi connectivity index (χ2n) is 5.63. The van der Waals surface area contributed by atoms with Crippen molar-refractivity contribution >= 4 is 5.91 Å². The number of amides is 1. The summed E-state index contributed by atoms with van der Waals surface area (Å²) < 4.78 is 18.2. The third kappa shape index (κ3) is 2.19. The van der Waals surface area contributed by atoms with E-state index < -0.39 is 6.67 Å². The lowest BCUT2D eigenvalue weighted by atomic mass is 10.1. The number of rotatable bonds is 5. The molecule has 0 radical (unpaired) electrons. The molecule has 1 amide bonds. The molecule has 2 bridgehead atoms. The number of piperidine rings is 1. The molecule has 0 aromatic rings. The van der Waals surface area contributed by atoms with Crippen molar-refractivity contribution in [3.8, 4) is 0 Å². The summed E-state index contributed by atoms with van der Waals surface area (Å²) in [7, 11) is 0. The van der Waals surface area contributed by atoms with Gasteiger partial charge in [-0.2, -0.15) is 0 Å². The zero-order valence-corrected chi connectivity index (χ0v) is 10.1. The minimum Gasteiger partial charge on any atom is -0.375 e. The monoisotopic (exact) mass is 241 g/mol. The smallest absolute Gasteiger partial charge is 0.225 e. The predicted octanol–water partition coefficient (Wildman–Crippen LogP) is 1.76. The van der Waals surface area contributed by atoms with Gasteiger partial charge in [-0.1, -0.05) is 0 Å². The van der Waals surface area contributed by atoms with E-state index in [4.69, 9.17) is 4.74 Å². The van der Waals surface area contributed by atoms with Crippen molar-refractivity contribution < 1.29 is 13.9 Å². The molecule has 1 heterocycles. The highest BCUT2D eigenvalue weighted by Crippen LogP contribution is 2.41. The normalized spacial score (nSPS) is 35.6. The third-order valence-corrected chi connectivity index (χ3v) is 4.36. The van der Waals surface area contributed by atoms with E-state index in [0.29, 0.717) is 5.92 Å². The highest BCUT2D eigenvalue weighted by atomic mass is 19.1. The van der Waals surface area contributed by atoms with Crippen molar-refractivity contribution in [1.29, 1.82) is 0 Å². The molecule has 1 aliphatic heterocycles. The first-order valence-electron chi connectivity index (χ1n) is 6.76. The fourth-order valence-electron chi connectivity index (χ4n) is 3.23. The summed E-state index contributed by atoms with van der Waals surface area (Å²) in [6.45, 7) is 1.11. The minimum absolute atomic E-state index is 0.0280. The van der Waals surface area contributed by atoms with E-state index in [1.54, 1.807) is 0 Å². The van der Waals surface area contributed by atoms with Crippen molar-refractivity contribution in [3.05, 3.63) is 0 Å². The van der Waals surface area contributed by atoms with Crippen LogP contribution in [0.4, 0.5) is 4.39 Å². The van der Waals surface area contributed by atoms with Crippen LogP contribution in [0.1, 0.15) is 32.1 Å². The maximum Gasteiger partial charge on any atom is 0.225 e. The molecular weight excluding hydrogens is 221 g/mol. The van der Waals surface area contributed by atoms with Gasteiger partial charge in [0, 0.05) is 19.1 Å². The zero-order chi connectivity index (χ0) is 11.8. The Balaban J connectivity index is 1.57. The van der Waals surface area contributed by atoms with Crippen molar-refractivity contribution in [2.75, 3.05) is 19.8 Å². The molecule has 0 aromatic carbocycles. The Morgan fingerprint density at radius 1 is 1.29 bits per heavy atom. The number of carbonyl (C=O) groups is 1. The maximum atomic E-state index is 12.2. The van der Waals surface area contributed by atoms with Crippen LogP contribution in [0.25, 0.3) is 0 Å². The molecule has 1 saturated heterocycles. The van der Waals surface area contributed by atoms with Gasteiger partial charge < -0.3 is 9.64 Å². The molecule has 17 heavy (non-hydrogen) atoms. The quantitative estimate of drug-likeness (QED) is 0.734. The molecule has 3 rings (SSSR count). The second-order valence-corrected chi connectivity index (χ2v) is 5.63. The Kier molecular flexibility index (Phi) is 3.07. The summed E-state index contributed by atoms with van der Waals surface area (Å²) >= 11 is 0. The number of hydrogen-bond donors (Lipinski definition) is 0. The van der Waals surface area contributed by atoms with Crippen LogP contribution < -0.4 is 0 Å². The van der Waals surface area contributed by atoms with Gasteiger partial charge >= 0.3 is 0 Å². The Bertz CT molecular complexity index is 306. The highest BCUT2D eigenvalue weighted by Gasteiger charge is 2.49. The predicted molar refractivity (Wildman–Crippen MR) is 61.3 cm³/mol. The molecule has 3 atom stereocenters. The Hall–Kier alpha value is -0.640. The largest absolute Gasteiger partial charge is 0.375 e. The maximum absolute atomic E-state index is 12.2. The second kappa shape index (κ2) is 4.56. The Morgan fingerprint density at radius 3 is 2.82 bits per heavy atom. The first-order chi connectivity index (χ1) is 8.29. The number of hydrogen-bond acceptors (Lipinski definition) is 2. The van der Waals surface area contributed by atoms with Gasteiger partial charge in [-0.05, 0) is 31.6 Å². The number of carbonyl (C=O) groups excluding carboxylic acids is 1. The summed E-state index contributed by atoms with van der Waals surface area (Å²) in [5.41, 5.74) is 0. The molecule has 2 aliphatic carbocycles. The topological polar surface area (TPSA) is 29.5 Å². The summed E-state index contributed by atoms with van der Waals surface area (Å²) in [6.07, 6.45) is 5.08. The van der Waals surface area contributed by atoms with Crippen LogP contribution in [0.3, 0.4) is 0 Å². The lowest BCUT2D eigenvalue weighted by molar-refractivity contribution is -0.133. The van der Waals surface area contributed by atoms with Crippen LogP contribution in [0.5, 0.6) is 0 Å². The lowest BCUT2D eigenvalue weighted by Gasteiger charge is -2.27. The Labute approximate surface area is 101 Å². The molecular formula is C13H20FNO2. The van der Waals surface area contributed by atoms with Crippen LogP contribution in [0, 0.1) is 11.8 Å².